The van der Waals surface area contributed by atoms with Crippen LogP contribution < -0.4 is 0 Å². The van der Waals surface area contributed by atoms with Crippen molar-refractivity contribution >= 4 is 27.5 Å². The van der Waals surface area contributed by atoms with Crippen molar-refractivity contribution in [3.8, 4) is 11.4 Å². The summed E-state index contributed by atoms with van der Waals surface area (Å²) >= 11 is 0. The van der Waals surface area contributed by atoms with Gasteiger partial charge >= 0.3 is 0 Å². The van der Waals surface area contributed by atoms with Gasteiger partial charge in [-0.1, -0.05) is 36.4 Å². The third-order valence-corrected chi connectivity index (χ3v) is 3.84. The molecule has 28 heavy (non-hydrogen) atoms. The normalized spacial score (nSPS) is 10.7. The molecule has 3 aromatic carbocycles. The number of ketones is 1. The molecule has 0 aliphatic carbocycles. The van der Waals surface area contributed by atoms with Crippen molar-refractivity contribution in [1.29, 1.82) is 0 Å². The van der Waals surface area contributed by atoms with E-state index in [1.165, 1.54) is 25.3 Å². The van der Waals surface area contributed by atoms with Gasteiger partial charge in [0.15, 0.2) is 5.78 Å². The van der Waals surface area contributed by atoms with E-state index in [4.69, 9.17) is 10.1 Å². The zero-order valence-electron chi connectivity index (χ0n) is 15.5. The third-order valence-electron chi connectivity index (χ3n) is 3.84. The summed E-state index contributed by atoms with van der Waals surface area (Å²) in [5.41, 5.74) is 1.91. The maximum absolute atomic E-state index is 10.0. The predicted molar refractivity (Wildman–Crippen MR) is 108 cm³/mol. The summed E-state index contributed by atoms with van der Waals surface area (Å²) in [7, 11) is 0. The quantitative estimate of drug-likeness (QED) is 0.161. The number of allylic oxidation sites excluding steroid dienone is 2. The van der Waals surface area contributed by atoms with Gasteiger partial charge in [-0.2, -0.15) is 0 Å². The summed E-state index contributed by atoms with van der Waals surface area (Å²) in [6.45, 7) is 2.85. The maximum Gasteiger partial charge on any atom is 0.155 e. The van der Waals surface area contributed by atoms with Crippen molar-refractivity contribution in [2.75, 3.05) is 0 Å². The van der Waals surface area contributed by atoms with E-state index in [0.29, 0.717) is 0 Å². The Balaban J connectivity index is 0.000000306. The maximum atomic E-state index is 10.0. The number of nitrogens with zero attached hydrogens (tertiary/aromatic N) is 2. The van der Waals surface area contributed by atoms with Crippen LogP contribution in [-0.2, 0) is 24.9 Å². The zero-order valence-corrected chi connectivity index (χ0v) is 17.9. The monoisotopic (exact) mass is 548 g/mol. The summed E-state index contributed by atoms with van der Waals surface area (Å²) < 4.78 is 0. The number of aliphatic hydroxyl groups is 1. The Kier molecular flexibility index (Phi) is 7.56. The fourth-order valence-electron chi connectivity index (χ4n) is 2.72. The molecule has 4 nitrogen and oxygen atoms in total. The van der Waals surface area contributed by atoms with Crippen molar-refractivity contribution in [3.63, 3.8) is 0 Å². The van der Waals surface area contributed by atoms with E-state index in [1.807, 2.05) is 42.6 Å². The molecule has 0 saturated heterocycles. The second-order valence-corrected chi connectivity index (χ2v) is 6.09. The van der Waals surface area contributed by atoms with Gasteiger partial charge in [0.25, 0.3) is 0 Å². The molecule has 0 aliphatic rings. The summed E-state index contributed by atoms with van der Waals surface area (Å²) in [6, 6.07) is 23.4. The largest absolute Gasteiger partial charge is 0.512 e. The van der Waals surface area contributed by atoms with E-state index in [2.05, 4.69) is 35.3 Å². The van der Waals surface area contributed by atoms with Gasteiger partial charge in [-0.15, -0.1) is 35.9 Å². The minimum Gasteiger partial charge on any atom is -0.512 e. The predicted octanol–water partition coefficient (Wildman–Crippen LogP) is 5.28. The van der Waals surface area contributed by atoms with Gasteiger partial charge in [0.1, 0.15) is 0 Å². The van der Waals surface area contributed by atoms with Crippen molar-refractivity contribution in [1.82, 2.24) is 9.97 Å². The van der Waals surface area contributed by atoms with E-state index >= 15 is 0 Å². The average Bonchev–Trinajstić information content (AvgIpc) is 2.67. The van der Waals surface area contributed by atoms with Gasteiger partial charge in [-0.25, -0.2) is 0 Å². The molecule has 0 fully saturated rings. The number of carbonyl (C=O) groups excluding carboxylic acids is 1. The second-order valence-electron chi connectivity index (χ2n) is 6.09. The van der Waals surface area contributed by atoms with Crippen LogP contribution in [0.3, 0.4) is 0 Å². The topological polar surface area (TPSA) is 63.1 Å². The molecule has 0 atom stereocenters. The molecule has 4 rings (SSSR count). The Labute approximate surface area is 177 Å². The van der Waals surface area contributed by atoms with E-state index in [9.17, 15) is 4.79 Å². The first kappa shape index (κ1) is 21.4. The average molecular weight is 548 g/mol. The molecule has 143 valence electrons. The summed E-state index contributed by atoms with van der Waals surface area (Å²) in [6.07, 6.45) is 3.05. The van der Waals surface area contributed by atoms with Crippen LogP contribution in [0.25, 0.3) is 33.1 Å². The van der Waals surface area contributed by atoms with Gasteiger partial charge in [-0.3, -0.25) is 14.8 Å². The molecule has 0 saturated carbocycles. The van der Waals surface area contributed by atoms with Crippen molar-refractivity contribution < 1.29 is 30.0 Å². The number of carbonyl (C=O) groups is 1. The Morgan fingerprint density at radius 3 is 2.36 bits per heavy atom. The zero-order chi connectivity index (χ0) is 19.2. The van der Waals surface area contributed by atoms with Crippen LogP contribution in [0, 0.1) is 6.07 Å². The number of hydrogen-bond acceptors (Lipinski definition) is 4. The molecule has 1 radical (unpaired) electrons. The molecule has 1 N–H and O–H groups in total. The SMILES string of the molecule is CC(=O)C=C(C)O.[Ir].[c-]1ccccc1-c1ncc2ccc3ccccc3c2n1. The number of aromatic nitrogens is 2. The molecule has 0 spiro atoms. The van der Waals surface area contributed by atoms with E-state index in [-0.39, 0.29) is 31.6 Å². The number of benzene rings is 3. The van der Waals surface area contributed by atoms with E-state index < -0.39 is 0 Å². The number of rotatable bonds is 2. The van der Waals surface area contributed by atoms with Crippen LogP contribution in [0.15, 0.2) is 78.7 Å². The first-order chi connectivity index (χ1) is 13.0. The smallest absolute Gasteiger partial charge is 0.155 e. The Hall–Kier alpha value is -2.88. The molecule has 4 aromatic rings. The molecule has 1 aromatic heterocycles. The number of hydrogen-bond donors (Lipinski definition) is 1. The minimum atomic E-state index is -0.125. The van der Waals surface area contributed by atoms with Crippen LogP contribution in [0.2, 0.25) is 0 Å². The molecular formula is C23H19IrN2O2-. The number of fused-ring (bicyclic) bond motifs is 3. The molecular weight excluding hydrogens is 528 g/mol. The summed E-state index contributed by atoms with van der Waals surface area (Å²) in [5, 5.41) is 11.8. The van der Waals surface area contributed by atoms with E-state index in [0.717, 1.165) is 27.7 Å². The Bertz CT molecular complexity index is 1120. The third kappa shape index (κ3) is 5.32. The van der Waals surface area contributed by atoms with Crippen molar-refractivity contribution in [2.45, 2.75) is 13.8 Å². The van der Waals surface area contributed by atoms with Gasteiger partial charge < -0.3 is 5.11 Å². The van der Waals surface area contributed by atoms with Crippen molar-refractivity contribution in [3.05, 3.63) is 84.8 Å². The van der Waals surface area contributed by atoms with Crippen LogP contribution in [0.4, 0.5) is 0 Å². The van der Waals surface area contributed by atoms with Gasteiger partial charge in [-0.05, 0) is 19.2 Å². The van der Waals surface area contributed by atoms with Gasteiger partial charge in [0.05, 0.1) is 17.1 Å². The molecule has 5 heteroatoms. The first-order valence-electron chi connectivity index (χ1n) is 8.54. The molecule has 0 amide bonds. The minimum absolute atomic E-state index is 0. The summed E-state index contributed by atoms with van der Waals surface area (Å²) in [5.74, 6) is 0.655. The second kappa shape index (κ2) is 9.88. The fourth-order valence-corrected chi connectivity index (χ4v) is 2.72. The van der Waals surface area contributed by atoms with Crippen LogP contribution in [0.5, 0.6) is 0 Å². The van der Waals surface area contributed by atoms with Gasteiger partial charge in [0.2, 0.25) is 0 Å². The molecule has 0 aliphatic heterocycles. The molecule has 0 unspecified atom stereocenters. The number of aliphatic hydroxyl groups excluding tert-OH is 1. The van der Waals surface area contributed by atoms with Crippen LogP contribution in [-0.4, -0.2) is 20.9 Å². The van der Waals surface area contributed by atoms with Crippen molar-refractivity contribution in [2.24, 2.45) is 0 Å². The molecule has 1 heterocycles. The van der Waals surface area contributed by atoms with E-state index in [1.54, 1.807) is 0 Å². The standard InChI is InChI=1S/C18H11N2.C5H8O2.Ir/c1-2-7-14(8-3-1)18-19-12-15-11-10-13-6-4-5-9-16(13)17(15)20-18;1-4(6)3-5(2)7;/h1-7,9-12H;3,6H,1-2H3;/q-1;;. The van der Waals surface area contributed by atoms with Crippen LogP contribution in [0.1, 0.15) is 13.8 Å². The Morgan fingerprint density at radius 2 is 1.71 bits per heavy atom. The fraction of sp³-hybridized carbons (Fsp3) is 0.0870. The first-order valence-corrected chi connectivity index (χ1v) is 8.54. The van der Waals surface area contributed by atoms with Crippen LogP contribution >= 0.6 is 0 Å². The molecule has 0 bridgehead atoms. The Morgan fingerprint density at radius 1 is 1.00 bits per heavy atom. The summed E-state index contributed by atoms with van der Waals surface area (Å²) in [4.78, 5) is 19.2. The van der Waals surface area contributed by atoms with Gasteiger partial charge in [0, 0.05) is 43.2 Å².